The van der Waals surface area contributed by atoms with Crippen LogP contribution in [0, 0.1) is 5.92 Å². The highest BCUT2D eigenvalue weighted by molar-refractivity contribution is 5.96. The van der Waals surface area contributed by atoms with Crippen molar-refractivity contribution in [2.75, 3.05) is 20.7 Å². The van der Waals surface area contributed by atoms with Gasteiger partial charge >= 0.3 is 0 Å². The van der Waals surface area contributed by atoms with Crippen LogP contribution in [0.25, 0.3) is 11.1 Å². The second-order valence-electron chi connectivity index (χ2n) is 16.1. The van der Waals surface area contributed by atoms with Gasteiger partial charge in [0.2, 0.25) is 23.6 Å². The first-order valence-electron chi connectivity index (χ1n) is 21.0. The van der Waals surface area contributed by atoms with Gasteiger partial charge in [-0.2, -0.15) is 0 Å². The minimum atomic E-state index is -1.20. The van der Waals surface area contributed by atoms with E-state index in [9.17, 15) is 44.1 Å². The average Bonchev–Trinajstić information content (AvgIpc) is 3.18. The maximum Gasteiger partial charge on any atom is 0.245 e. The molecule has 2 aromatic rings. The SMILES string of the molecule is CCCCCCCCCCCCC(=O)N(C)[C@H](CO)C(=O)N[C@H](C)C(=O)CCC(=O)N(C)[C@@H]1C(=O)C[C@@H](C)C(=O)N[C@H](C)Cc2ccc(O)c(c2)-c2cc1ccc2O. The van der Waals surface area contributed by atoms with Gasteiger partial charge in [-0.3, -0.25) is 28.8 Å². The molecule has 58 heavy (non-hydrogen) atoms. The number of Topliss-reactive ketones (excluding diaryl/α,β-unsaturated/α-hetero) is 2. The van der Waals surface area contributed by atoms with Gasteiger partial charge in [0.15, 0.2) is 11.6 Å². The Balaban J connectivity index is 1.64. The summed E-state index contributed by atoms with van der Waals surface area (Å²) in [7, 11) is 2.88. The molecule has 0 saturated carbocycles. The van der Waals surface area contributed by atoms with Crippen LogP contribution in [0.3, 0.4) is 0 Å². The maximum atomic E-state index is 14.0. The summed E-state index contributed by atoms with van der Waals surface area (Å²) in [5, 5.41) is 37.2. The Kier molecular flexibility index (Phi) is 19.4. The van der Waals surface area contributed by atoms with E-state index < -0.39 is 54.0 Å². The van der Waals surface area contributed by atoms with Gasteiger partial charge in [0, 0.05) is 62.9 Å². The van der Waals surface area contributed by atoms with Crippen molar-refractivity contribution in [2.45, 2.75) is 148 Å². The van der Waals surface area contributed by atoms with Crippen LogP contribution in [0.15, 0.2) is 36.4 Å². The van der Waals surface area contributed by atoms with E-state index in [0.717, 1.165) is 24.8 Å². The second-order valence-corrected chi connectivity index (χ2v) is 16.1. The molecule has 1 aliphatic heterocycles. The van der Waals surface area contributed by atoms with Crippen LogP contribution in [0.2, 0.25) is 0 Å². The molecule has 0 radical (unpaired) electrons. The number of carbonyl (C=O) groups is 6. The van der Waals surface area contributed by atoms with E-state index in [1.807, 2.05) is 6.92 Å². The third kappa shape index (κ3) is 14.0. The van der Waals surface area contributed by atoms with E-state index in [4.69, 9.17) is 0 Å². The molecular weight excluding hydrogens is 741 g/mol. The number of aliphatic hydroxyl groups is 1. The molecule has 3 rings (SSSR count). The summed E-state index contributed by atoms with van der Waals surface area (Å²) in [4.78, 5) is 82.3. The number of likely N-dealkylation sites (N-methyl/N-ethyl adjacent to an activating group) is 2. The molecule has 0 spiro atoms. The normalized spacial score (nSPS) is 18.0. The van der Waals surface area contributed by atoms with Crippen LogP contribution in [0.4, 0.5) is 0 Å². The number of ketones is 2. The number of hydrogen-bond acceptors (Lipinski definition) is 9. The molecule has 0 fully saturated rings. The van der Waals surface area contributed by atoms with Crippen LogP contribution in [-0.4, -0.2) is 99.1 Å². The smallest absolute Gasteiger partial charge is 0.245 e. The van der Waals surface area contributed by atoms with E-state index in [1.54, 1.807) is 25.1 Å². The number of fused-ring (bicyclic) bond motifs is 5. The van der Waals surface area contributed by atoms with Crippen molar-refractivity contribution in [3.05, 3.63) is 47.5 Å². The Morgan fingerprint density at radius 1 is 0.793 bits per heavy atom. The molecule has 4 bridgehead atoms. The van der Waals surface area contributed by atoms with Gasteiger partial charge in [-0.15, -0.1) is 0 Å². The number of nitrogens with one attached hydrogen (secondary N) is 2. The van der Waals surface area contributed by atoms with Crippen molar-refractivity contribution in [3.8, 4) is 22.6 Å². The average molecular weight is 807 g/mol. The molecule has 13 nitrogen and oxygen atoms in total. The summed E-state index contributed by atoms with van der Waals surface area (Å²) < 4.78 is 0. The minimum absolute atomic E-state index is 0.103. The highest BCUT2D eigenvalue weighted by atomic mass is 16.3. The van der Waals surface area contributed by atoms with Crippen LogP contribution in [0.1, 0.15) is 135 Å². The molecule has 1 aliphatic rings. The van der Waals surface area contributed by atoms with Crippen molar-refractivity contribution in [1.82, 2.24) is 20.4 Å². The third-order valence-electron chi connectivity index (χ3n) is 11.2. The van der Waals surface area contributed by atoms with E-state index in [1.165, 1.54) is 87.5 Å². The second kappa shape index (κ2) is 23.6. The molecule has 320 valence electrons. The Hall–Kier alpha value is -4.78. The highest BCUT2D eigenvalue weighted by Crippen LogP contribution is 2.39. The number of carbonyl (C=O) groups excluding carboxylic acids is 6. The molecule has 0 aliphatic carbocycles. The van der Waals surface area contributed by atoms with Gasteiger partial charge in [-0.25, -0.2) is 0 Å². The lowest BCUT2D eigenvalue weighted by Crippen LogP contribution is -2.53. The third-order valence-corrected chi connectivity index (χ3v) is 11.2. The van der Waals surface area contributed by atoms with Gasteiger partial charge in [0.05, 0.1) is 12.6 Å². The fourth-order valence-corrected chi connectivity index (χ4v) is 7.44. The van der Waals surface area contributed by atoms with Crippen LogP contribution in [0.5, 0.6) is 11.5 Å². The molecule has 5 atom stereocenters. The molecule has 0 saturated heterocycles. The zero-order valence-electron chi connectivity index (χ0n) is 35.4. The summed E-state index contributed by atoms with van der Waals surface area (Å²) in [5.41, 5.74) is 1.71. The minimum Gasteiger partial charge on any atom is -0.507 e. The number of unbranched alkanes of at least 4 members (excludes halogenated alkanes) is 9. The summed E-state index contributed by atoms with van der Waals surface area (Å²) in [6, 6.07) is 5.65. The summed E-state index contributed by atoms with van der Waals surface area (Å²) in [6.07, 6.45) is 11.1. The van der Waals surface area contributed by atoms with Gasteiger partial charge in [0.25, 0.3) is 0 Å². The van der Waals surface area contributed by atoms with Crippen molar-refractivity contribution >= 4 is 35.2 Å². The highest BCUT2D eigenvalue weighted by Gasteiger charge is 2.33. The lowest BCUT2D eigenvalue weighted by Gasteiger charge is -2.30. The number of rotatable bonds is 20. The largest absolute Gasteiger partial charge is 0.507 e. The number of aliphatic hydroxyl groups excluding tert-OH is 1. The number of benzene rings is 2. The lowest BCUT2D eigenvalue weighted by atomic mass is 9.90. The standard InChI is InChI=1S/C45H66N4O9/c1-7-8-9-10-11-12-13-14-15-16-17-41(55)48(5)36(28-50)45(58)47-31(4)37(51)22-23-42(56)49(6)43-33-19-21-39(53)35(27-33)34-26-32(18-20-38(34)52)25-30(3)46-44(57)29(2)24-40(43)54/h18-21,26-27,29-31,36,43,50,52-53H,7-17,22-25,28H2,1-6H3,(H,46,57)(H,47,58)/t29-,30-,31-,36-,43+/m1/s1. The van der Waals surface area contributed by atoms with Gasteiger partial charge in [0.1, 0.15) is 23.6 Å². The molecule has 4 amide bonds. The number of amides is 4. The van der Waals surface area contributed by atoms with Crippen LogP contribution >= 0.6 is 0 Å². The molecule has 13 heteroatoms. The van der Waals surface area contributed by atoms with Gasteiger partial charge in [-0.1, -0.05) is 83.8 Å². The zero-order chi connectivity index (χ0) is 42.9. The fraction of sp³-hybridized carbons (Fsp3) is 0.600. The summed E-state index contributed by atoms with van der Waals surface area (Å²) >= 11 is 0. The molecule has 0 unspecified atom stereocenters. The molecule has 2 aromatic carbocycles. The number of nitrogens with zero attached hydrogens (tertiary/aromatic N) is 2. The molecule has 5 N–H and O–H groups in total. The zero-order valence-corrected chi connectivity index (χ0v) is 35.4. The number of aromatic hydroxyl groups is 2. The van der Waals surface area contributed by atoms with Crippen molar-refractivity contribution < 1.29 is 44.1 Å². The quantitative estimate of drug-likeness (QED) is 0.101. The van der Waals surface area contributed by atoms with Crippen molar-refractivity contribution in [1.29, 1.82) is 0 Å². The van der Waals surface area contributed by atoms with Gasteiger partial charge < -0.3 is 35.8 Å². The molecule has 0 aromatic heterocycles. The predicted octanol–water partition coefficient (Wildman–Crippen LogP) is 5.90. The van der Waals surface area contributed by atoms with Crippen LogP contribution < -0.4 is 10.6 Å². The van der Waals surface area contributed by atoms with E-state index >= 15 is 0 Å². The Bertz CT molecular complexity index is 1730. The Labute approximate surface area is 343 Å². The number of phenols is 2. The summed E-state index contributed by atoms with van der Waals surface area (Å²) in [6.45, 7) is 6.50. The van der Waals surface area contributed by atoms with Gasteiger partial charge in [-0.05, 0) is 62.1 Å². The first kappa shape index (κ1) is 47.6. The monoisotopic (exact) mass is 806 g/mol. The number of hydrogen-bond donors (Lipinski definition) is 5. The molecule has 1 heterocycles. The first-order chi connectivity index (χ1) is 27.6. The first-order valence-corrected chi connectivity index (χ1v) is 21.0. The van der Waals surface area contributed by atoms with E-state index in [-0.39, 0.29) is 60.6 Å². The molecular formula is C45H66N4O9. The maximum absolute atomic E-state index is 14.0. The van der Waals surface area contributed by atoms with Crippen molar-refractivity contribution in [2.24, 2.45) is 5.92 Å². The number of phenolic OH excluding ortho intramolecular Hbond substituents is 2. The Morgan fingerprint density at radius 3 is 2.00 bits per heavy atom. The van der Waals surface area contributed by atoms with E-state index in [2.05, 4.69) is 17.6 Å². The predicted molar refractivity (Wildman–Crippen MR) is 223 cm³/mol. The lowest BCUT2D eigenvalue weighted by molar-refractivity contribution is -0.141. The summed E-state index contributed by atoms with van der Waals surface area (Å²) in [5.74, 6) is -3.72. The van der Waals surface area contributed by atoms with Crippen LogP contribution in [-0.2, 0) is 35.2 Å². The Morgan fingerprint density at radius 2 is 1.38 bits per heavy atom. The topological polar surface area (TPSA) is 194 Å². The van der Waals surface area contributed by atoms with E-state index in [0.29, 0.717) is 24.0 Å². The van der Waals surface area contributed by atoms with Crippen molar-refractivity contribution in [3.63, 3.8) is 0 Å². The fourth-order valence-electron chi connectivity index (χ4n) is 7.44.